The molecule has 2 N–H and O–H groups in total. The van der Waals surface area contributed by atoms with Crippen LogP contribution in [0.5, 0.6) is 0 Å². The van der Waals surface area contributed by atoms with Gasteiger partial charge in [0.2, 0.25) is 0 Å². The molecule has 4 heteroatoms. The quantitative estimate of drug-likeness (QED) is 0.713. The lowest BCUT2D eigenvalue weighted by molar-refractivity contribution is 0.0602. The average Bonchev–Trinajstić information content (AvgIpc) is 2.29. The first-order valence-electron chi connectivity index (χ1n) is 4.45. The molecule has 0 saturated heterocycles. The van der Waals surface area contributed by atoms with Crippen molar-refractivity contribution in [3.63, 3.8) is 0 Å². The number of nitrogens with zero attached hydrogens (tertiary/aromatic N) is 1. The van der Waals surface area contributed by atoms with Gasteiger partial charge in [-0.15, -0.1) is 0 Å². The molecule has 1 aromatic heterocycles. The highest BCUT2D eigenvalue weighted by atomic mass is 16.5. The summed E-state index contributed by atoms with van der Waals surface area (Å²) in [7, 11) is 1.34. The molecule has 0 radical (unpaired) electrons. The van der Waals surface area contributed by atoms with Gasteiger partial charge in [0.1, 0.15) is 5.82 Å². The molecular weight excluding hydrogens is 192 g/mol. The first kappa shape index (κ1) is 9.45. The molecule has 0 fully saturated rings. The molecule has 1 aromatic carbocycles. The summed E-state index contributed by atoms with van der Waals surface area (Å²) < 4.78 is 4.66. The van der Waals surface area contributed by atoms with Crippen molar-refractivity contribution in [2.24, 2.45) is 0 Å². The van der Waals surface area contributed by atoms with E-state index in [-0.39, 0.29) is 0 Å². The Kier molecular flexibility index (Phi) is 2.25. The summed E-state index contributed by atoms with van der Waals surface area (Å²) in [5, 5.41) is 1.53. The number of hydrogen-bond donors (Lipinski definition) is 1. The molecule has 0 saturated carbocycles. The number of fused-ring (bicyclic) bond motifs is 1. The van der Waals surface area contributed by atoms with Crippen LogP contribution in [0.4, 0.5) is 5.82 Å². The number of aromatic nitrogens is 1. The smallest absolute Gasteiger partial charge is 0.340 e. The van der Waals surface area contributed by atoms with Crippen LogP contribution < -0.4 is 5.73 Å². The number of rotatable bonds is 1. The van der Waals surface area contributed by atoms with E-state index in [0.717, 1.165) is 10.8 Å². The Labute approximate surface area is 86.7 Å². The van der Waals surface area contributed by atoms with Crippen molar-refractivity contribution >= 4 is 22.6 Å². The van der Waals surface area contributed by atoms with E-state index in [2.05, 4.69) is 9.72 Å². The van der Waals surface area contributed by atoms with Crippen molar-refractivity contribution in [3.05, 3.63) is 36.0 Å². The number of methoxy groups -OCH3 is 1. The Morgan fingerprint density at radius 3 is 2.67 bits per heavy atom. The van der Waals surface area contributed by atoms with Crippen LogP contribution in [0.15, 0.2) is 30.5 Å². The van der Waals surface area contributed by atoms with Crippen LogP contribution in [-0.4, -0.2) is 18.1 Å². The van der Waals surface area contributed by atoms with Gasteiger partial charge < -0.3 is 10.5 Å². The zero-order valence-electron chi connectivity index (χ0n) is 8.23. The zero-order chi connectivity index (χ0) is 10.8. The fourth-order valence-electron chi connectivity index (χ4n) is 1.49. The predicted molar refractivity (Wildman–Crippen MR) is 57.5 cm³/mol. The van der Waals surface area contributed by atoms with Crippen molar-refractivity contribution in [1.29, 1.82) is 0 Å². The molecule has 76 valence electrons. The highest BCUT2D eigenvalue weighted by Crippen LogP contribution is 2.22. The highest BCUT2D eigenvalue weighted by molar-refractivity contribution is 6.06. The fraction of sp³-hybridized carbons (Fsp3) is 0.0909. The third kappa shape index (κ3) is 1.50. The van der Waals surface area contributed by atoms with Crippen LogP contribution >= 0.6 is 0 Å². The van der Waals surface area contributed by atoms with Crippen molar-refractivity contribution < 1.29 is 9.53 Å². The number of hydrogen-bond acceptors (Lipinski definition) is 4. The Morgan fingerprint density at radius 1 is 1.33 bits per heavy atom. The summed E-state index contributed by atoms with van der Waals surface area (Å²) in [6.07, 6.45) is 1.43. The molecule has 0 aliphatic rings. The first-order chi connectivity index (χ1) is 7.24. The molecule has 0 aliphatic carbocycles. The van der Waals surface area contributed by atoms with E-state index in [9.17, 15) is 4.79 Å². The van der Waals surface area contributed by atoms with Crippen LogP contribution in [0.25, 0.3) is 10.8 Å². The lowest BCUT2D eigenvalue weighted by Gasteiger charge is -2.05. The summed E-state index contributed by atoms with van der Waals surface area (Å²) in [5.74, 6) is 0.0111. The zero-order valence-corrected chi connectivity index (χ0v) is 8.23. The standard InChI is InChI=1S/C11H10N2O2/c1-15-11(14)9-6-13-10(12)8-5-3-2-4-7(8)9/h2-6H,1H3,(H2,12,13). The van der Waals surface area contributed by atoms with E-state index >= 15 is 0 Å². The number of benzene rings is 1. The van der Waals surface area contributed by atoms with Gasteiger partial charge >= 0.3 is 5.97 Å². The van der Waals surface area contributed by atoms with E-state index in [4.69, 9.17) is 5.73 Å². The van der Waals surface area contributed by atoms with Crippen LogP contribution in [0, 0.1) is 0 Å². The molecule has 0 bridgehead atoms. The molecule has 4 nitrogen and oxygen atoms in total. The maximum Gasteiger partial charge on any atom is 0.340 e. The molecule has 15 heavy (non-hydrogen) atoms. The SMILES string of the molecule is COC(=O)c1cnc(N)c2ccccc12. The first-order valence-corrected chi connectivity index (χ1v) is 4.45. The largest absolute Gasteiger partial charge is 0.465 e. The molecule has 0 atom stereocenters. The van der Waals surface area contributed by atoms with Crippen LogP contribution in [0.3, 0.4) is 0 Å². The number of nitrogens with two attached hydrogens (primary N) is 1. The van der Waals surface area contributed by atoms with Crippen LogP contribution in [0.2, 0.25) is 0 Å². The monoisotopic (exact) mass is 202 g/mol. The summed E-state index contributed by atoms with van der Waals surface area (Å²) in [4.78, 5) is 15.4. The number of pyridine rings is 1. The molecular formula is C11H10N2O2. The number of esters is 1. The van der Waals surface area contributed by atoms with E-state index < -0.39 is 5.97 Å². The van der Waals surface area contributed by atoms with E-state index in [1.165, 1.54) is 13.3 Å². The maximum atomic E-state index is 11.4. The predicted octanol–water partition coefficient (Wildman–Crippen LogP) is 1.60. The number of anilines is 1. The van der Waals surface area contributed by atoms with Crippen molar-refractivity contribution in [3.8, 4) is 0 Å². The number of carbonyl (C=O) groups excluding carboxylic acids is 1. The van der Waals surface area contributed by atoms with Gasteiger partial charge in [-0.2, -0.15) is 0 Å². The molecule has 0 unspecified atom stereocenters. The molecule has 1 heterocycles. The minimum atomic E-state index is -0.404. The Morgan fingerprint density at radius 2 is 2.00 bits per heavy atom. The normalized spacial score (nSPS) is 10.2. The van der Waals surface area contributed by atoms with Crippen molar-refractivity contribution in [1.82, 2.24) is 4.98 Å². The third-order valence-corrected chi connectivity index (χ3v) is 2.23. The summed E-state index contributed by atoms with van der Waals surface area (Å²) in [5.41, 5.74) is 6.14. The van der Waals surface area contributed by atoms with Gasteiger partial charge in [0.25, 0.3) is 0 Å². The summed E-state index contributed by atoms with van der Waals surface area (Å²) in [6, 6.07) is 7.33. The summed E-state index contributed by atoms with van der Waals surface area (Å²) in [6.45, 7) is 0. The van der Waals surface area contributed by atoms with E-state index in [0.29, 0.717) is 11.4 Å². The number of ether oxygens (including phenoxy) is 1. The molecule has 2 rings (SSSR count). The van der Waals surface area contributed by atoms with Crippen LogP contribution in [-0.2, 0) is 4.74 Å². The second-order valence-corrected chi connectivity index (χ2v) is 3.09. The summed E-state index contributed by atoms with van der Waals surface area (Å²) >= 11 is 0. The van der Waals surface area contributed by atoms with Crippen molar-refractivity contribution in [2.75, 3.05) is 12.8 Å². The van der Waals surface area contributed by atoms with E-state index in [1.807, 2.05) is 24.3 Å². The molecule has 0 aliphatic heterocycles. The average molecular weight is 202 g/mol. The fourth-order valence-corrected chi connectivity index (χ4v) is 1.49. The minimum absolute atomic E-state index is 0.404. The van der Waals surface area contributed by atoms with Crippen LogP contribution in [0.1, 0.15) is 10.4 Å². The number of carbonyl (C=O) groups is 1. The van der Waals surface area contributed by atoms with Gasteiger partial charge in [-0.25, -0.2) is 9.78 Å². The molecule has 0 amide bonds. The second-order valence-electron chi connectivity index (χ2n) is 3.09. The van der Waals surface area contributed by atoms with Gasteiger partial charge in [-0.3, -0.25) is 0 Å². The number of nitrogen functional groups attached to an aromatic ring is 1. The second kappa shape index (κ2) is 3.57. The molecule has 2 aromatic rings. The lowest BCUT2D eigenvalue weighted by Crippen LogP contribution is -2.04. The topological polar surface area (TPSA) is 65.2 Å². The highest BCUT2D eigenvalue weighted by Gasteiger charge is 2.11. The van der Waals surface area contributed by atoms with Gasteiger partial charge in [-0.1, -0.05) is 24.3 Å². The Balaban J connectivity index is 2.77. The van der Waals surface area contributed by atoms with Gasteiger partial charge in [0.15, 0.2) is 0 Å². The minimum Gasteiger partial charge on any atom is -0.465 e. The van der Waals surface area contributed by atoms with E-state index in [1.54, 1.807) is 0 Å². The Hall–Kier alpha value is -2.10. The van der Waals surface area contributed by atoms with Gasteiger partial charge in [0.05, 0.1) is 12.7 Å². The molecule has 0 spiro atoms. The van der Waals surface area contributed by atoms with Gasteiger partial charge in [0, 0.05) is 17.0 Å². The van der Waals surface area contributed by atoms with Gasteiger partial charge in [-0.05, 0) is 0 Å². The maximum absolute atomic E-state index is 11.4. The third-order valence-electron chi connectivity index (χ3n) is 2.23. The van der Waals surface area contributed by atoms with Crippen molar-refractivity contribution in [2.45, 2.75) is 0 Å². The Bertz CT molecular complexity index is 523. The lowest BCUT2D eigenvalue weighted by atomic mass is 10.1.